The molecular formula is C9H18N4O2. The average Bonchev–Trinajstić information content (AvgIpc) is 2.50. The lowest BCUT2D eigenvalue weighted by Crippen LogP contribution is -2.47. The number of piperazine rings is 1. The molecule has 6 nitrogen and oxygen atoms in total. The van der Waals surface area contributed by atoms with Crippen LogP contribution in [0.25, 0.3) is 0 Å². The molecule has 15 heavy (non-hydrogen) atoms. The molecule has 0 spiro atoms. The first-order chi connectivity index (χ1) is 7.15. The summed E-state index contributed by atoms with van der Waals surface area (Å²) in [5.74, 6) is 5.43. The molecule has 0 aromatic carbocycles. The van der Waals surface area contributed by atoms with E-state index >= 15 is 0 Å². The summed E-state index contributed by atoms with van der Waals surface area (Å²) >= 11 is 0. The number of ether oxygens (including phenoxy) is 1. The van der Waals surface area contributed by atoms with Gasteiger partial charge in [-0.2, -0.15) is 0 Å². The highest BCUT2D eigenvalue weighted by Gasteiger charge is 2.30. The summed E-state index contributed by atoms with van der Waals surface area (Å²) in [7, 11) is 2.12. The molecule has 0 radical (unpaired) electrons. The first kappa shape index (κ1) is 10.7. The van der Waals surface area contributed by atoms with Crippen molar-refractivity contribution in [2.24, 2.45) is 5.84 Å². The van der Waals surface area contributed by atoms with Crippen LogP contribution in [0.5, 0.6) is 0 Å². The highest BCUT2D eigenvalue weighted by molar-refractivity contribution is 5.69. The third-order valence-corrected chi connectivity index (χ3v) is 2.96. The van der Waals surface area contributed by atoms with Gasteiger partial charge in [0.05, 0.1) is 6.54 Å². The third-order valence-electron chi connectivity index (χ3n) is 2.96. The first-order valence-corrected chi connectivity index (χ1v) is 5.29. The van der Waals surface area contributed by atoms with Crippen LogP contribution in [0.3, 0.4) is 0 Å². The molecule has 0 aromatic rings. The van der Waals surface area contributed by atoms with Crippen LogP contribution >= 0.6 is 0 Å². The van der Waals surface area contributed by atoms with Gasteiger partial charge in [-0.3, -0.25) is 4.90 Å². The van der Waals surface area contributed by atoms with Gasteiger partial charge >= 0.3 is 6.09 Å². The number of rotatable bonds is 2. The van der Waals surface area contributed by atoms with Crippen LogP contribution in [0.2, 0.25) is 0 Å². The van der Waals surface area contributed by atoms with Crippen LogP contribution in [0.1, 0.15) is 0 Å². The molecular weight excluding hydrogens is 196 g/mol. The molecule has 1 atom stereocenters. The Morgan fingerprint density at radius 1 is 1.40 bits per heavy atom. The maximum absolute atomic E-state index is 11.0. The van der Waals surface area contributed by atoms with Gasteiger partial charge in [-0.15, -0.1) is 0 Å². The number of cyclic esters (lactones) is 1. The molecule has 2 aliphatic heterocycles. The number of amides is 1. The Labute approximate surface area is 89.5 Å². The molecule has 6 heteroatoms. The van der Waals surface area contributed by atoms with Crippen molar-refractivity contribution in [1.82, 2.24) is 14.8 Å². The van der Waals surface area contributed by atoms with Gasteiger partial charge in [0.1, 0.15) is 6.10 Å². The van der Waals surface area contributed by atoms with Crippen LogP contribution in [0.15, 0.2) is 0 Å². The Morgan fingerprint density at radius 3 is 2.60 bits per heavy atom. The second-order valence-electron chi connectivity index (χ2n) is 4.26. The zero-order valence-electron chi connectivity index (χ0n) is 9.06. The monoisotopic (exact) mass is 214 g/mol. The second kappa shape index (κ2) is 4.34. The number of hydrogen-bond acceptors (Lipinski definition) is 5. The van der Waals surface area contributed by atoms with Crippen molar-refractivity contribution in [3.05, 3.63) is 0 Å². The van der Waals surface area contributed by atoms with E-state index in [2.05, 4.69) is 16.8 Å². The molecule has 0 aromatic heterocycles. The van der Waals surface area contributed by atoms with E-state index in [1.54, 1.807) is 0 Å². The molecule has 2 fully saturated rings. The van der Waals surface area contributed by atoms with E-state index in [-0.39, 0.29) is 6.10 Å². The number of nitrogens with two attached hydrogens (primary N) is 1. The van der Waals surface area contributed by atoms with Crippen LogP contribution in [0, 0.1) is 0 Å². The summed E-state index contributed by atoms with van der Waals surface area (Å²) in [4.78, 5) is 15.6. The van der Waals surface area contributed by atoms with Gasteiger partial charge in [-0.05, 0) is 7.05 Å². The van der Waals surface area contributed by atoms with Gasteiger partial charge in [0.15, 0.2) is 0 Å². The third kappa shape index (κ3) is 2.58. The Kier molecular flexibility index (Phi) is 3.08. The van der Waals surface area contributed by atoms with Crippen molar-refractivity contribution in [3.8, 4) is 0 Å². The minimum absolute atomic E-state index is 0.0640. The van der Waals surface area contributed by atoms with Crippen LogP contribution in [-0.2, 0) is 4.74 Å². The molecule has 2 aliphatic rings. The van der Waals surface area contributed by atoms with E-state index in [1.807, 2.05) is 0 Å². The SMILES string of the molecule is CN1CCN(CC2CN(N)C(=O)O2)CC1. The number of hydrogen-bond donors (Lipinski definition) is 1. The summed E-state index contributed by atoms with van der Waals surface area (Å²) < 4.78 is 5.11. The number of hydrazine groups is 1. The molecule has 86 valence electrons. The number of likely N-dealkylation sites (N-methyl/N-ethyl adjacent to an activating group) is 1. The Hall–Kier alpha value is -0.850. The fourth-order valence-corrected chi connectivity index (χ4v) is 1.95. The van der Waals surface area contributed by atoms with Gasteiger partial charge in [-0.25, -0.2) is 15.6 Å². The maximum Gasteiger partial charge on any atom is 0.424 e. The largest absolute Gasteiger partial charge is 0.442 e. The van der Waals surface area contributed by atoms with E-state index in [1.165, 1.54) is 0 Å². The van der Waals surface area contributed by atoms with Crippen molar-refractivity contribution in [1.29, 1.82) is 0 Å². The fraction of sp³-hybridized carbons (Fsp3) is 0.889. The molecule has 0 aliphatic carbocycles. The van der Waals surface area contributed by atoms with E-state index in [4.69, 9.17) is 10.6 Å². The molecule has 2 N–H and O–H groups in total. The molecule has 0 saturated carbocycles. The highest BCUT2D eigenvalue weighted by atomic mass is 16.6. The van der Waals surface area contributed by atoms with E-state index in [9.17, 15) is 4.79 Å². The molecule has 2 saturated heterocycles. The summed E-state index contributed by atoms with van der Waals surface area (Å²) in [6.45, 7) is 5.53. The molecule has 1 unspecified atom stereocenters. The zero-order valence-corrected chi connectivity index (χ0v) is 9.06. The molecule has 0 bridgehead atoms. The molecule has 1 amide bonds. The van der Waals surface area contributed by atoms with E-state index in [0.29, 0.717) is 6.54 Å². The van der Waals surface area contributed by atoms with Crippen LogP contribution < -0.4 is 5.84 Å². The van der Waals surface area contributed by atoms with Crippen molar-refractivity contribution in [3.63, 3.8) is 0 Å². The zero-order chi connectivity index (χ0) is 10.8. The minimum Gasteiger partial charge on any atom is -0.442 e. The Balaban J connectivity index is 1.76. The lowest BCUT2D eigenvalue weighted by Gasteiger charge is -2.33. The number of carbonyl (C=O) groups excluding carboxylic acids is 1. The fourth-order valence-electron chi connectivity index (χ4n) is 1.95. The topological polar surface area (TPSA) is 62.0 Å². The van der Waals surface area contributed by atoms with Gasteiger partial charge in [0.2, 0.25) is 0 Å². The summed E-state index contributed by atoms with van der Waals surface area (Å²) in [5, 5.41) is 1.14. The van der Waals surface area contributed by atoms with Gasteiger partial charge in [-0.1, -0.05) is 0 Å². The number of carbonyl (C=O) groups is 1. The summed E-state index contributed by atoms with van der Waals surface area (Å²) in [5.41, 5.74) is 0. The van der Waals surface area contributed by atoms with Gasteiger partial charge < -0.3 is 9.64 Å². The minimum atomic E-state index is -0.408. The quantitative estimate of drug-likeness (QED) is 0.468. The average molecular weight is 214 g/mol. The molecule has 2 rings (SSSR count). The van der Waals surface area contributed by atoms with Crippen molar-refractivity contribution < 1.29 is 9.53 Å². The standard InChI is InChI=1S/C9H18N4O2/c1-11-2-4-12(5-3-11)6-8-7-13(10)9(14)15-8/h8H,2-7,10H2,1H3. The lowest BCUT2D eigenvalue weighted by atomic mass is 10.2. The Bertz CT molecular complexity index is 240. The smallest absolute Gasteiger partial charge is 0.424 e. The second-order valence-corrected chi connectivity index (χ2v) is 4.26. The summed E-state index contributed by atoms with van der Waals surface area (Å²) in [6.07, 6.45) is -0.472. The first-order valence-electron chi connectivity index (χ1n) is 5.29. The van der Waals surface area contributed by atoms with E-state index < -0.39 is 6.09 Å². The van der Waals surface area contributed by atoms with E-state index in [0.717, 1.165) is 37.7 Å². The predicted molar refractivity (Wildman–Crippen MR) is 55.1 cm³/mol. The summed E-state index contributed by atoms with van der Waals surface area (Å²) in [6, 6.07) is 0. The van der Waals surface area contributed by atoms with Crippen molar-refractivity contribution in [2.45, 2.75) is 6.10 Å². The Morgan fingerprint density at radius 2 is 2.07 bits per heavy atom. The lowest BCUT2D eigenvalue weighted by molar-refractivity contribution is 0.0835. The maximum atomic E-state index is 11.0. The number of nitrogens with zero attached hydrogens (tertiary/aromatic N) is 3. The van der Waals surface area contributed by atoms with Gasteiger partial charge in [0.25, 0.3) is 0 Å². The van der Waals surface area contributed by atoms with Gasteiger partial charge in [0, 0.05) is 32.7 Å². The predicted octanol–water partition coefficient (Wildman–Crippen LogP) is -1.07. The van der Waals surface area contributed by atoms with Crippen molar-refractivity contribution >= 4 is 6.09 Å². The van der Waals surface area contributed by atoms with Crippen molar-refractivity contribution in [2.75, 3.05) is 46.3 Å². The van der Waals surface area contributed by atoms with Crippen LogP contribution in [-0.4, -0.2) is 73.3 Å². The molecule has 2 heterocycles. The van der Waals surface area contributed by atoms with Crippen LogP contribution in [0.4, 0.5) is 4.79 Å². The highest BCUT2D eigenvalue weighted by Crippen LogP contribution is 2.10. The normalized spacial score (nSPS) is 29.6.